The highest BCUT2D eigenvalue weighted by atomic mass is 16.5. The fourth-order valence-electron chi connectivity index (χ4n) is 2.26. The summed E-state index contributed by atoms with van der Waals surface area (Å²) in [6, 6.07) is 3.55. The Hall–Kier alpha value is -1.62. The predicted octanol–water partition coefficient (Wildman–Crippen LogP) is 3.01. The molecule has 1 N–H and O–H groups in total. The highest BCUT2D eigenvalue weighted by Gasteiger charge is 2.48. The van der Waals surface area contributed by atoms with Gasteiger partial charge in [-0.25, -0.2) is 4.98 Å². The maximum Gasteiger partial charge on any atom is 0.256 e. The molecular formula is C16H24N2O3. The van der Waals surface area contributed by atoms with Crippen LogP contribution in [0, 0.1) is 5.92 Å². The van der Waals surface area contributed by atoms with Crippen molar-refractivity contribution < 1.29 is 14.3 Å². The average Bonchev–Trinajstić information content (AvgIpc) is 3.32. The molecule has 1 saturated carbocycles. The van der Waals surface area contributed by atoms with Gasteiger partial charge in [0.2, 0.25) is 5.88 Å². The molecule has 0 saturated heterocycles. The second-order valence-electron chi connectivity index (χ2n) is 5.50. The molecule has 21 heavy (non-hydrogen) atoms. The minimum atomic E-state index is -0.741. The van der Waals surface area contributed by atoms with E-state index in [1.54, 1.807) is 18.3 Å². The summed E-state index contributed by atoms with van der Waals surface area (Å²) in [5.74, 6) is 0.784. The maximum absolute atomic E-state index is 12.5. The Kier molecular flexibility index (Phi) is 5.17. The van der Waals surface area contributed by atoms with E-state index in [1.807, 2.05) is 20.8 Å². The highest BCUT2D eigenvalue weighted by molar-refractivity contribution is 5.97. The molecule has 0 radical (unpaired) electrons. The molecule has 2 rings (SSSR count). The molecule has 1 aliphatic carbocycles. The fraction of sp³-hybridized carbons (Fsp3) is 0.625. The molecule has 5 heteroatoms. The lowest BCUT2D eigenvalue weighted by atomic mass is 9.99. The maximum atomic E-state index is 12.5. The van der Waals surface area contributed by atoms with Gasteiger partial charge in [-0.15, -0.1) is 0 Å². The minimum absolute atomic E-state index is 0.0931. The van der Waals surface area contributed by atoms with Crippen LogP contribution >= 0.6 is 0 Å². The van der Waals surface area contributed by atoms with Gasteiger partial charge in [0.15, 0.2) is 0 Å². The number of aromatic nitrogens is 1. The number of carbonyl (C=O) groups excluding carboxylic acids is 1. The molecule has 1 heterocycles. The van der Waals surface area contributed by atoms with Crippen molar-refractivity contribution in [2.45, 2.75) is 45.6 Å². The zero-order valence-corrected chi connectivity index (χ0v) is 13.0. The van der Waals surface area contributed by atoms with Crippen LogP contribution in [0.15, 0.2) is 18.3 Å². The Bertz CT molecular complexity index is 471. The lowest BCUT2D eigenvalue weighted by molar-refractivity contribution is -0.142. The third kappa shape index (κ3) is 3.94. The van der Waals surface area contributed by atoms with E-state index in [9.17, 15) is 4.79 Å². The van der Waals surface area contributed by atoms with E-state index in [1.165, 1.54) is 0 Å². The third-order valence-electron chi connectivity index (χ3n) is 3.70. The van der Waals surface area contributed by atoms with E-state index in [0.717, 1.165) is 19.3 Å². The van der Waals surface area contributed by atoms with Gasteiger partial charge in [0.05, 0.1) is 18.5 Å². The molecule has 1 aliphatic rings. The minimum Gasteiger partial charge on any atom is -0.478 e. The Morgan fingerprint density at radius 1 is 1.43 bits per heavy atom. The van der Waals surface area contributed by atoms with Crippen LogP contribution in [0.5, 0.6) is 5.88 Å². The molecule has 1 aromatic rings. The van der Waals surface area contributed by atoms with E-state index < -0.39 is 5.60 Å². The van der Waals surface area contributed by atoms with Gasteiger partial charge in [-0.1, -0.05) is 6.92 Å². The number of amides is 1. The number of ether oxygens (including phenoxy) is 2. The van der Waals surface area contributed by atoms with Crippen LogP contribution in [-0.4, -0.2) is 29.7 Å². The van der Waals surface area contributed by atoms with Gasteiger partial charge in [0, 0.05) is 12.7 Å². The second kappa shape index (κ2) is 6.89. The first-order valence-corrected chi connectivity index (χ1v) is 7.64. The van der Waals surface area contributed by atoms with Crippen molar-refractivity contribution in [2.24, 2.45) is 5.92 Å². The molecule has 5 nitrogen and oxygen atoms in total. The number of hydrogen-bond acceptors (Lipinski definition) is 4. The predicted molar refractivity (Wildman–Crippen MR) is 81.4 cm³/mol. The van der Waals surface area contributed by atoms with Crippen LogP contribution in [0.25, 0.3) is 0 Å². The Morgan fingerprint density at radius 3 is 2.71 bits per heavy atom. The SMILES string of the molecule is CCCOC(C)(C(=O)Nc1ccc(OCC)nc1)C1CC1. The Balaban J connectivity index is 2.01. The van der Waals surface area contributed by atoms with Gasteiger partial charge in [-0.3, -0.25) is 4.79 Å². The van der Waals surface area contributed by atoms with Crippen LogP contribution < -0.4 is 10.1 Å². The van der Waals surface area contributed by atoms with Crippen molar-refractivity contribution >= 4 is 11.6 Å². The standard InChI is InChI=1S/C16H24N2O3/c1-4-10-21-16(3,12-6-7-12)15(19)18-13-8-9-14(17-11-13)20-5-2/h8-9,11-12H,4-7,10H2,1-3H3,(H,18,19). The van der Waals surface area contributed by atoms with Crippen LogP contribution in [-0.2, 0) is 9.53 Å². The molecule has 0 bridgehead atoms. The van der Waals surface area contributed by atoms with Crippen LogP contribution in [0.1, 0.15) is 40.0 Å². The third-order valence-corrected chi connectivity index (χ3v) is 3.70. The first-order chi connectivity index (χ1) is 10.1. The quantitative estimate of drug-likeness (QED) is 0.800. The number of nitrogens with zero attached hydrogens (tertiary/aromatic N) is 1. The van der Waals surface area contributed by atoms with Crippen molar-refractivity contribution in [3.05, 3.63) is 18.3 Å². The topological polar surface area (TPSA) is 60.5 Å². The van der Waals surface area contributed by atoms with E-state index in [4.69, 9.17) is 9.47 Å². The van der Waals surface area contributed by atoms with Crippen molar-refractivity contribution in [2.75, 3.05) is 18.5 Å². The van der Waals surface area contributed by atoms with Gasteiger partial charge in [-0.05, 0) is 45.1 Å². The number of rotatable bonds is 8. The van der Waals surface area contributed by atoms with Crippen LogP contribution in [0.3, 0.4) is 0 Å². The van der Waals surface area contributed by atoms with Crippen LogP contribution in [0.4, 0.5) is 5.69 Å². The molecule has 1 unspecified atom stereocenters. The van der Waals surface area contributed by atoms with E-state index in [-0.39, 0.29) is 5.91 Å². The summed E-state index contributed by atoms with van der Waals surface area (Å²) in [6.45, 7) is 7.01. The second-order valence-corrected chi connectivity index (χ2v) is 5.50. The Labute approximate surface area is 126 Å². The first-order valence-electron chi connectivity index (χ1n) is 7.64. The summed E-state index contributed by atoms with van der Waals surface area (Å²) in [4.78, 5) is 16.7. The highest BCUT2D eigenvalue weighted by Crippen LogP contribution is 2.42. The number of carbonyl (C=O) groups is 1. The number of hydrogen-bond donors (Lipinski definition) is 1. The number of anilines is 1. The summed E-state index contributed by atoms with van der Waals surface area (Å²) in [5.41, 5.74) is -0.0790. The van der Waals surface area contributed by atoms with Crippen molar-refractivity contribution in [1.82, 2.24) is 4.98 Å². The molecule has 0 aromatic carbocycles. The van der Waals surface area contributed by atoms with E-state index in [2.05, 4.69) is 10.3 Å². The van der Waals surface area contributed by atoms with E-state index in [0.29, 0.717) is 30.7 Å². The van der Waals surface area contributed by atoms with Gasteiger partial charge in [-0.2, -0.15) is 0 Å². The van der Waals surface area contributed by atoms with Gasteiger partial charge in [0.1, 0.15) is 5.60 Å². The summed E-state index contributed by atoms with van der Waals surface area (Å²) < 4.78 is 11.1. The largest absolute Gasteiger partial charge is 0.478 e. The Morgan fingerprint density at radius 2 is 2.19 bits per heavy atom. The van der Waals surface area contributed by atoms with E-state index >= 15 is 0 Å². The summed E-state index contributed by atoms with van der Waals surface area (Å²) in [7, 11) is 0. The molecule has 0 spiro atoms. The summed E-state index contributed by atoms with van der Waals surface area (Å²) in [5, 5.41) is 2.90. The van der Waals surface area contributed by atoms with Crippen molar-refractivity contribution in [3.8, 4) is 5.88 Å². The average molecular weight is 292 g/mol. The molecule has 116 valence electrons. The lowest BCUT2D eigenvalue weighted by Crippen LogP contribution is -2.45. The first kappa shape index (κ1) is 15.8. The number of nitrogens with one attached hydrogen (secondary N) is 1. The summed E-state index contributed by atoms with van der Waals surface area (Å²) in [6.07, 6.45) is 4.61. The molecule has 1 aromatic heterocycles. The molecule has 1 fully saturated rings. The zero-order valence-electron chi connectivity index (χ0n) is 13.0. The zero-order chi connectivity index (χ0) is 15.3. The van der Waals surface area contributed by atoms with Crippen molar-refractivity contribution in [3.63, 3.8) is 0 Å². The van der Waals surface area contributed by atoms with Gasteiger partial charge in [0.25, 0.3) is 5.91 Å². The lowest BCUT2D eigenvalue weighted by Gasteiger charge is -2.28. The molecular weight excluding hydrogens is 268 g/mol. The number of pyridine rings is 1. The van der Waals surface area contributed by atoms with Gasteiger partial charge < -0.3 is 14.8 Å². The summed E-state index contributed by atoms with van der Waals surface area (Å²) >= 11 is 0. The van der Waals surface area contributed by atoms with Crippen LogP contribution in [0.2, 0.25) is 0 Å². The molecule has 1 amide bonds. The molecule has 1 atom stereocenters. The van der Waals surface area contributed by atoms with Gasteiger partial charge >= 0.3 is 0 Å². The van der Waals surface area contributed by atoms with Crippen molar-refractivity contribution in [1.29, 1.82) is 0 Å². The monoisotopic (exact) mass is 292 g/mol. The molecule has 0 aliphatic heterocycles. The fourth-order valence-corrected chi connectivity index (χ4v) is 2.26. The normalized spacial score (nSPS) is 17.1. The smallest absolute Gasteiger partial charge is 0.256 e.